The van der Waals surface area contributed by atoms with Gasteiger partial charge in [-0.15, -0.1) is 0 Å². The highest BCUT2D eigenvalue weighted by Gasteiger charge is 2.18. The molecule has 2 aliphatic rings. The molecule has 0 saturated heterocycles. The van der Waals surface area contributed by atoms with Crippen LogP contribution in [0.2, 0.25) is 0 Å². The van der Waals surface area contributed by atoms with Crippen molar-refractivity contribution >= 4 is 40.2 Å². The lowest BCUT2D eigenvalue weighted by atomic mass is 9.96. The molecule has 3 aromatic rings. The second-order valence-electron chi connectivity index (χ2n) is 10.0. The normalized spacial score (nSPS) is 16.7. The number of methoxy groups -OCH3 is 2. The van der Waals surface area contributed by atoms with Gasteiger partial charge in [0.05, 0.1) is 43.9 Å². The Balaban J connectivity index is 1.45. The topological polar surface area (TPSA) is 69.0 Å². The first-order valence-electron chi connectivity index (χ1n) is 14.0. The van der Waals surface area contributed by atoms with Gasteiger partial charge in [-0.2, -0.15) is 4.57 Å². The Morgan fingerprint density at radius 2 is 1.71 bits per heavy atom. The summed E-state index contributed by atoms with van der Waals surface area (Å²) in [6.07, 6.45) is 16.6. The average molecular weight is 564 g/mol. The number of benzene rings is 2. The van der Waals surface area contributed by atoms with E-state index in [0.29, 0.717) is 24.3 Å². The van der Waals surface area contributed by atoms with Gasteiger partial charge in [-0.25, -0.2) is 9.59 Å². The predicted octanol–water partition coefficient (Wildman–Crippen LogP) is 6.05. The molecule has 3 heterocycles. The Morgan fingerprint density at radius 3 is 2.45 bits per heavy atom. The van der Waals surface area contributed by atoms with Crippen molar-refractivity contribution in [3.63, 3.8) is 0 Å². The number of carbonyl (C=O) groups is 2. The zero-order valence-electron chi connectivity index (χ0n) is 24.4. The second-order valence-corrected chi connectivity index (χ2v) is 10.0. The monoisotopic (exact) mass is 563 g/mol. The molecular formula is C35H35N2O5+. The molecule has 7 heteroatoms. The van der Waals surface area contributed by atoms with Gasteiger partial charge in [-0.05, 0) is 72.5 Å². The number of fused-ring (bicyclic) bond motifs is 2. The maximum absolute atomic E-state index is 12.2. The molecule has 0 fully saturated rings. The summed E-state index contributed by atoms with van der Waals surface area (Å²) in [4.78, 5) is 26.5. The number of carbonyl (C=O) groups excluding carboxylic acids is 2. The van der Waals surface area contributed by atoms with Crippen molar-refractivity contribution in [2.24, 2.45) is 0 Å². The van der Waals surface area contributed by atoms with Crippen LogP contribution in [-0.4, -0.2) is 45.9 Å². The van der Waals surface area contributed by atoms with Gasteiger partial charge in [0.15, 0.2) is 6.20 Å². The molecule has 7 nitrogen and oxygen atoms in total. The van der Waals surface area contributed by atoms with Crippen LogP contribution < -0.4 is 9.47 Å². The summed E-state index contributed by atoms with van der Waals surface area (Å²) in [6.45, 7) is 6.84. The molecule has 0 unspecified atom stereocenters. The third kappa shape index (κ3) is 5.97. The van der Waals surface area contributed by atoms with E-state index in [2.05, 4.69) is 78.2 Å². The second kappa shape index (κ2) is 12.8. The molecule has 0 spiro atoms. The van der Waals surface area contributed by atoms with E-state index < -0.39 is 0 Å². The molecule has 0 amide bonds. The van der Waals surface area contributed by atoms with E-state index in [-0.39, 0.29) is 11.9 Å². The summed E-state index contributed by atoms with van der Waals surface area (Å²) in [5, 5.41) is 0.978. The predicted molar refractivity (Wildman–Crippen MR) is 165 cm³/mol. The standard InChI is InChI=1S/C35H35N2O5/c1-5-36-17-15-26(30-20-28(34(38)40-3)11-13-32(30)36)9-7-24-19-25(23-42-22-24)8-10-27-16-18-37(6-2)33-14-12-29(21-31(27)33)35(39)41-4/h7-21H,5-6,22-23H2,1-4H3/q+1. The van der Waals surface area contributed by atoms with Gasteiger partial charge in [0.25, 0.3) is 0 Å². The molecule has 2 aromatic carbocycles. The van der Waals surface area contributed by atoms with Crippen molar-refractivity contribution in [3.05, 3.63) is 119 Å². The first-order valence-corrected chi connectivity index (χ1v) is 14.0. The van der Waals surface area contributed by atoms with E-state index in [0.717, 1.165) is 57.5 Å². The molecule has 0 saturated carbocycles. The Hall–Kier alpha value is -4.75. The molecule has 1 aromatic heterocycles. The van der Waals surface area contributed by atoms with Gasteiger partial charge < -0.3 is 19.1 Å². The largest absolute Gasteiger partial charge is 0.465 e. The smallest absolute Gasteiger partial charge is 0.337 e. The summed E-state index contributed by atoms with van der Waals surface area (Å²) < 4.78 is 17.9. The molecular weight excluding hydrogens is 528 g/mol. The summed E-state index contributed by atoms with van der Waals surface area (Å²) in [6, 6.07) is 13.4. The SMILES string of the molecule is CCN1C=C/C(=C\C=C2C=C(/C=C/c3cc[n+](CC)c4ccc(C(=O)OC)cc34)COC\2)c2cc(C(=O)OC)ccc21. The molecule has 214 valence electrons. The zero-order valence-corrected chi connectivity index (χ0v) is 24.4. The quantitative estimate of drug-likeness (QED) is 0.257. The maximum atomic E-state index is 12.2. The van der Waals surface area contributed by atoms with Crippen LogP contribution in [-0.2, 0) is 20.8 Å². The minimum absolute atomic E-state index is 0.356. The fourth-order valence-electron chi connectivity index (χ4n) is 5.24. The lowest BCUT2D eigenvalue weighted by molar-refractivity contribution is -0.667. The van der Waals surface area contributed by atoms with Crippen LogP contribution in [0, 0.1) is 0 Å². The highest BCUT2D eigenvalue weighted by atomic mass is 16.5. The molecule has 0 radical (unpaired) electrons. The summed E-state index contributed by atoms with van der Waals surface area (Å²) in [7, 11) is 2.79. The molecule has 2 aliphatic heterocycles. The van der Waals surface area contributed by atoms with E-state index in [1.54, 1.807) is 12.1 Å². The van der Waals surface area contributed by atoms with Crippen molar-refractivity contribution in [2.45, 2.75) is 20.4 Å². The Morgan fingerprint density at radius 1 is 0.952 bits per heavy atom. The Kier molecular flexibility index (Phi) is 8.79. The number of hydrogen-bond donors (Lipinski definition) is 0. The number of aromatic nitrogens is 1. The number of hydrogen-bond acceptors (Lipinski definition) is 6. The number of rotatable bonds is 7. The number of anilines is 1. The first kappa shape index (κ1) is 28.8. The van der Waals surface area contributed by atoms with Crippen LogP contribution in [0.15, 0.2) is 96.4 Å². The lowest BCUT2D eigenvalue weighted by Gasteiger charge is -2.27. The maximum Gasteiger partial charge on any atom is 0.337 e. The van der Waals surface area contributed by atoms with Crippen molar-refractivity contribution in [2.75, 3.05) is 38.9 Å². The third-order valence-electron chi connectivity index (χ3n) is 7.49. The van der Waals surface area contributed by atoms with Crippen LogP contribution in [0.4, 0.5) is 5.69 Å². The summed E-state index contributed by atoms with van der Waals surface area (Å²) in [5.74, 6) is -0.712. The average Bonchev–Trinajstić information content (AvgIpc) is 3.04. The molecule has 5 rings (SSSR count). The van der Waals surface area contributed by atoms with Crippen molar-refractivity contribution < 1.29 is 28.4 Å². The lowest BCUT2D eigenvalue weighted by Crippen LogP contribution is -2.32. The van der Waals surface area contributed by atoms with Crippen molar-refractivity contribution in [1.29, 1.82) is 0 Å². The number of nitrogens with zero attached hydrogens (tertiary/aromatic N) is 2. The van der Waals surface area contributed by atoms with E-state index >= 15 is 0 Å². The fraction of sp³-hybridized carbons (Fsp3) is 0.229. The van der Waals surface area contributed by atoms with Gasteiger partial charge in [0, 0.05) is 36.1 Å². The minimum atomic E-state index is -0.356. The van der Waals surface area contributed by atoms with E-state index in [9.17, 15) is 9.59 Å². The Bertz CT molecular complexity index is 1690. The van der Waals surface area contributed by atoms with Gasteiger partial charge in [-0.3, -0.25) is 0 Å². The molecule has 0 atom stereocenters. The number of allylic oxidation sites excluding steroid dienone is 4. The molecule has 42 heavy (non-hydrogen) atoms. The molecule has 0 bridgehead atoms. The summed E-state index contributed by atoms with van der Waals surface area (Å²) >= 11 is 0. The zero-order chi connectivity index (χ0) is 29.6. The molecule has 0 N–H and O–H groups in total. The fourth-order valence-corrected chi connectivity index (χ4v) is 5.24. The Labute approximate surface area is 246 Å². The minimum Gasteiger partial charge on any atom is -0.465 e. The van der Waals surface area contributed by atoms with Crippen LogP contribution in [0.5, 0.6) is 0 Å². The number of esters is 2. The van der Waals surface area contributed by atoms with Gasteiger partial charge in [0.2, 0.25) is 5.52 Å². The van der Waals surface area contributed by atoms with E-state index in [4.69, 9.17) is 14.2 Å². The number of pyridine rings is 1. The van der Waals surface area contributed by atoms with Crippen LogP contribution in [0.3, 0.4) is 0 Å². The summed E-state index contributed by atoms with van der Waals surface area (Å²) in [5.41, 5.74) is 8.21. The van der Waals surface area contributed by atoms with Crippen LogP contribution >= 0.6 is 0 Å². The number of ether oxygens (including phenoxy) is 3. The number of aryl methyl sites for hydroxylation is 1. The highest BCUT2D eigenvalue weighted by molar-refractivity contribution is 5.96. The van der Waals surface area contributed by atoms with Gasteiger partial charge in [-0.1, -0.05) is 30.4 Å². The highest BCUT2D eigenvalue weighted by Crippen LogP contribution is 2.34. The van der Waals surface area contributed by atoms with Crippen molar-refractivity contribution in [3.8, 4) is 0 Å². The van der Waals surface area contributed by atoms with Crippen molar-refractivity contribution in [1.82, 2.24) is 0 Å². The van der Waals surface area contributed by atoms with Gasteiger partial charge in [0.1, 0.15) is 6.54 Å². The third-order valence-corrected chi connectivity index (χ3v) is 7.49. The molecule has 0 aliphatic carbocycles. The van der Waals surface area contributed by atoms with Crippen LogP contribution in [0.25, 0.3) is 22.6 Å². The van der Waals surface area contributed by atoms with Crippen LogP contribution in [0.1, 0.15) is 45.7 Å². The van der Waals surface area contributed by atoms with E-state index in [1.807, 2.05) is 24.3 Å². The first-order chi connectivity index (χ1) is 20.4. The van der Waals surface area contributed by atoms with Gasteiger partial charge >= 0.3 is 11.9 Å². The van der Waals surface area contributed by atoms with E-state index in [1.165, 1.54) is 14.2 Å².